The van der Waals surface area contributed by atoms with Gasteiger partial charge in [-0.25, -0.2) is 8.78 Å². The van der Waals surface area contributed by atoms with Crippen molar-refractivity contribution >= 4 is 27.9 Å². The molecule has 0 bridgehead atoms. The molecule has 0 aromatic carbocycles. The van der Waals surface area contributed by atoms with Crippen molar-refractivity contribution < 1.29 is 23.1 Å². The van der Waals surface area contributed by atoms with Gasteiger partial charge in [-0.15, -0.1) is 0 Å². The number of hydrogen-bond donors (Lipinski definition) is 2. The van der Waals surface area contributed by atoms with E-state index >= 15 is 0 Å². The average Bonchev–Trinajstić information content (AvgIpc) is 2.69. The molecule has 1 unspecified atom stereocenters. The number of carbonyl (C=O) groups excluding carboxylic acids is 1. The normalized spacial score (nSPS) is 13.2. The Morgan fingerprint density at radius 2 is 2.29 bits per heavy atom. The van der Waals surface area contributed by atoms with Crippen LogP contribution in [0.15, 0.2) is 27.3 Å². The molecule has 0 spiro atoms. The number of hydrogen-bond acceptors (Lipinski definition) is 3. The predicted octanol–water partition coefficient (Wildman–Crippen LogP) is 1.80. The molecule has 1 rings (SSSR count). The van der Waals surface area contributed by atoms with Gasteiger partial charge in [-0.1, -0.05) is 0 Å². The van der Waals surface area contributed by atoms with Gasteiger partial charge in [0.25, 0.3) is 6.43 Å². The highest BCUT2D eigenvalue weighted by molar-refractivity contribution is 9.10. The average molecular weight is 310 g/mol. The largest absolute Gasteiger partial charge is 0.450 e. The van der Waals surface area contributed by atoms with E-state index in [1.54, 1.807) is 12.1 Å². The van der Waals surface area contributed by atoms with Crippen LogP contribution in [0, 0.1) is 0 Å². The summed E-state index contributed by atoms with van der Waals surface area (Å²) in [6.45, 7) is -0.497. The summed E-state index contributed by atoms with van der Waals surface area (Å²) in [5, 5.41) is 10.9. The Kier molecular flexibility index (Phi) is 5.30. The molecular formula is C10H10BrF2NO3. The van der Waals surface area contributed by atoms with E-state index in [1.807, 2.05) is 0 Å². The van der Waals surface area contributed by atoms with E-state index in [-0.39, 0.29) is 0 Å². The molecule has 1 amide bonds. The first-order chi connectivity index (χ1) is 7.99. The van der Waals surface area contributed by atoms with Gasteiger partial charge in [-0.3, -0.25) is 4.79 Å². The lowest BCUT2D eigenvalue weighted by molar-refractivity contribution is -0.117. The number of aliphatic hydroxyl groups excluding tert-OH is 1. The zero-order valence-corrected chi connectivity index (χ0v) is 10.2. The molecule has 0 aliphatic carbocycles. The van der Waals surface area contributed by atoms with Crippen LogP contribution in [0.1, 0.15) is 5.76 Å². The Bertz CT molecular complexity index is 406. The smallest absolute Gasteiger partial charge is 0.265 e. The maximum absolute atomic E-state index is 11.9. The topological polar surface area (TPSA) is 62.5 Å². The van der Waals surface area contributed by atoms with Crippen molar-refractivity contribution in [2.75, 3.05) is 6.54 Å². The molecule has 0 radical (unpaired) electrons. The highest BCUT2D eigenvalue weighted by Crippen LogP contribution is 2.14. The maximum Gasteiger partial charge on any atom is 0.265 e. The summed E-state index contributed by atoms with van der Waals surface area (Å²) in [5.74, 6) is -0.140. The van der Waals surface area contributed by atoms with Gasteiger partial charge in [0, 0.05) is 12.6 Å². The summed E-state index contributed by atoms with van der Waals surface area (Å²) >= 11 is 3.09. The number of alkyl halides is 2. The molecule has 0 aliphatic rings. The molecule has 1 aromatic rings. The van der Waals surface area contributed by atoms with E-state index in [2.05, 4.69) is 21.2 Å². The Morgan fingerprint density at radius 3 is 2.82 bits per heavy atom. The summed E-state index contributed by atoms with van der Waals surface area (Å²) < 4.78 is 29.4. The minimum absolute atomic E-state index is 0.446. The minimum Gasteiger partial charge on any atom is -0.450 e. The van der Waals surface area contributed by atoms with E-state index in [9.17, 15) is 13.6 Å². The van der Waals surface area contributed by atoms with E-state index in [0.29, 0.717) is 10.4 Å². The number of nitrogens with one attached hydrogen (secondary N) is 1. The summed E-state index contributed by atoms with van der Waals surface area (Å²) in [6.07, 6.45) is -2.22. The van der Waals surface area contributed by atoms with Gasteiger partial charge in [0.15, 0.2) is 4.67 Å². The third-order valence-corrected chi connectivity index (χ3v) is 2.20. The van der Waals surface area contributed by atoms with Crippen molar-refractivity contribution in [2.45, 2.75) is 12.5 Å². The quantitative estimate of drug-likeness (QED) is 0.815. The highest BCUT2D eigenvalue weighted by Gasteiger charge is 2.16. The van der Waals surface area contributed by atoms with Crippen LogP contribution in [0.3, 0.4) is 0 Å². The summed E-state index contributed by atoms with van der Waals surface area (Å²) in [5.41, 5.74) is 0. The molecule has 0 saturated carbocycles. The molecule has 4 nitrogen and oxygen atoms in total. The molecule has 1 aromatic heterocycles. The Morgan fingerprint density at radius 1 is 1.59 bits per heavy atom. The van der Waals surface area contributed by atoms with E-state index < -0.39 is 25.0 Å². The number of aliphatic hydroxyl groups is 1. The zero-order chi connectivity index (χ0) is 12.8. The van der Waals surface area contributed by atoms with Gasteiger partial charge in [-0.05, 0) is 34.1 Å². The van der Waals surface area contributed by atoms with Crippen LogP contribution < -0.4 is 5.32 Å². The first kappa shape index (κ1) is 13.9. The monoisotopic (exact) mass is 309 g/mol. The first-order valence-electron chi connectivity index (χ1n) is 4.66. The number of rotatable bonds is 5. The van der Waals surface area contributed by atoms with Crippen LogP contribution >= 0.6 is 15.9 Å². The lowest BCUT2D eigenvalue weighted by Gasteiger charge is -2.08. The lowest BCUT2D eigenvalue weighted by Crippen LogP contribution is -2.34. The minimum atomic E-state index is -2.87. The lowest BCUT2D eigenvalue weighted by atomic mass is 10.3. The number of carbonyl (C=O) groups is 1. The third kappa shape index (κ3) is 5.10. The third-order valence-electron chi connectivity index (χ3n) is 1.77. The fourth-order valence-electron chi connectivity index (χ4n) is 0.929. The van der Waals surface area contributed by atoms with Gasteiger partial charge in [0.2, 0.25) is 5.91 Å². The Balaban J connectivity index is 2.37. The molecule has 1 heterocycles. The van der Waals surface area contributed by atoms with Gasteiger partial charge >= 0.3 is 0 Å². The van der Waals surface area contributed by atoms with Crippen molar-refractivity contribution in [2.24, 2.45) is 0 Å². The van der Waals surface area contributed by atoms with Crippen LogP contribution in [0.5, 0.6) is 0 Å². The molecule has 0 fully saturated rings. The standard InChI is InChI=1S/C10H10BrF2NO3/c11-8-3-1-6(17-8)2-4-9(16)14-5-7(15)10(12)13/h1-4,7,10,15H,5H2,(H,14,16)/b4-2+. The van der Waals surface area contributed by atoms with Crippen molar-refractivity contribution in [3.8, 4) is 0 Å². The molecule has 1 atom stereocenters. The fourth-order valence-corrected chi connectivity index (χ4v) is 1.25. The SMILES string of the molecule is O=C(/C=C/c1ccc(Br)o1)NCC(O)C(F)F. The first-order valence-corrected chi connectivity index (χ1v) is 5.46. The van der Waals surface area contributed by atoms with Crippen molar-refractivity contribution in [3.63, 3.8) is 0 Å². The van der Waals surface area contributed by atoms with Crippen LogP contribution in [-0.2, 0) is 4.79 Å². The van der Waals surface area contributed by atoms with Gasteiger partial charge < -0.3 is 14.8 Å². The molecule has 0 saturated heterocycles. The van der Waals surface area contributed by atoms with Crippen molar-refractivity contribution in [3.05, 3.63) is 28.6 Å². The summed E-state index contributed by atoms with van der Waals surface area (Å²) in [4.78, 5) is 11.1. The van der Waals surface area contributed by atoms with Gasteiger partial charge in [0.1, 0.15) is 11.9 Å². The van der Waals surface area contributed by atoms with Crippen LogP contribution in [-0.4, -0.2) is 30.1 Å². The maximum atomic E-state index is 11.9. The van der Waals surface area contributed by atoms with Gasteiger partial charge in [0.05, 0.1) is 0 Å². The predicted molar refractivity (Wildman–Crippen MR) is 60.5 cm³/mol. The fraction of sp³-hybridized carbons (Fsp3) is 0.300. The number of halogens is 3. The van der Waals surface area contributed by atoms with E-state index in [1.165, 1.54) is 6.08 Å². The van der Waals surface area contributed by atoms with E-state index in [0.717, 1.165) is 6.08 Å². The Hall–Kier alpha value is -1.21. The summed E-state index contributed by atoms with van der Waals surface area (Å²) in [6, 6.07) is 3.28. The van der Waals surface area contributed by atoms with Gasteiger partial charge in [-0.2, -0.15) is 0 Å². The van der Waals surface area contributed by atoms with Crippen LogP contribution in [0.4, 0.5) is 8.78 Å². The number of amides is 1. The van der Waals surface area contributed by atoms with Crippen LogP contribution in [0.25, 0.3) is 6.08 Å². The second-order valence-corrected chi connectivity index (χ2v) is 3.90. The van der Waals surface area contributed by atoms with Crippen molar-refractivity contribution in [1.29, 1.82) is 0 Å². The molecule has 7 heteroatoms. The second-order valence-electron chi connectivity index (χ2n) is 3.12. The molecule has 0 aliphatic heterocycles. The molecule has 94 valence electrons. The van der Waals surface area contributed by atoms with Crippen LogP contribution in [0.2, 0.25) is 0 Å². The second kappa shape index (κ2) is 6.51. The highest BCUT2D eigenvalue weighted by atomic mass is 79.9. The number of furan rings is 1. The van der Waals surface area contributed by atoms with E-state index in [4.69, 9.17) is 9.52 Å². The Labute approximate surface area is 104 Å². The zero-order valence-electron chi connectivity index (χ0n) is 8.57. The molecule has 17 heavy (non-hydrogen) atoms. The summed E-state index contributed by atoms with van der Waals surface area (Å²) in [7, 11) is 0. The molecule has 2 N–H and O–H groups in total. The molecular weight excluding hydrogens is 300 g/mol. The van der Waals surface area contributed by atoms with Crippen molar-refractivity contribution in [1.82, 2.24) is 5.32 Å².